The molecule has 1 atom stereocenters. The number of benzene rings is 3. The maximum Gasteiger partial charge on any atom is 0.343 e. The molecular weight excluding hydrogens is 450 g/mol. The topological polar surface area (TPSA) is 112 Å². The maximum atomic E-state index is 12.8. The molecule has 3 aromatic carbocycles. The van der Waals surface area contributed by atoms with Crippen molar-refractivity contribution in [3.63, 3.8) is 0 Å². The van der Waals surface area contributed by atoms with Crippen LogP contribution < -0.4 is 15.5 Å². The van der Waals surface area contributed by atoms with Gasteiger partial charge in [0.05, 0.1) is 18.1 Å². The van der Waals surface area contributed by atoms with Crippen molar-refractivity contribution in [1.29, 1.82) is 0 Å². The predicted octanol–water partition coefficient (Wildman–Crippen LogP) is 3.53. The minimum Gasteiger partial charge on any atom is -0.467 e. The van der Waals surface area contributed by atoms with Gasteiger partial charge in [0.25, 0.3) is 5.91 Å². The third-order valence-corrected chi connectivity index (χ3v) is 5.30. The average molecular weight is 471 g/mol. The van der Waals surface area contributed by atoms with Gasteiger partial charge in [-0.1, -0.05) is 42.5 Å². The van der Waals surface area contributed by atoms with Crippen molar-refractivity contribution in [2.75, 3.05) is 7.11 Å². The molecule has 0 aliphatic carbocycles. The molecule has 0 saturated carbocycles. The summed E-state index contributed by atoms with van der Waals surface area (Å²) < 4.78 is 15.6. The van der Waals surface area contributed by atoms with E-state index in [9.17, 15) is 19.2 Å². The molecule has 1 N–H and O–H groups in total. The molecule has 176 valence electrons. The summed E-state index contributed by atoms with van der Waals surface area (Å²) >= 11 is 0. The number of fused-ring (bicyclic) bond motifs is 1. The predicted molar refractivity (Wildman–Crippen MR) is 127 cm³/mol. The summed E-state index contributed by atoms with van der Waals surface area (Å²) in [7, 11) is 1.21. The first-order valence-corrected chi connectivity index (χ1v) is 10.7. The third-order valence-electron chi connectivity index (χ3n) is 5.30. The normalized spacial score (nSPS) is 11.5. The Morgan fingerprint density at radius 1 is 0.914 bits per heavy atom. The number of carbonyl (C=O) groups is 3. The summed E-state index contributed by atoms with van der Waals surface area (Å²) in [4.78, 5) is 50.1. The van der Waals surface area contributed by atoms with Gasteiger partial charge >= 0.3 is 11.9 Å². The zero-order valence-electron chi connectivity index (χ0n) is 18.7. The number of esters is 2. The number of nitrogens with one attached hydrogen (secondary N) is 1. The van der Waals surface area contributed by atoms with E-state index in [2.05, 4.69) is 5.32 Å². The lowest BCUT2D eigenvalue weighted by molar-refractivity contribution is -0.142. The van der Waals surface area contributed by atoms with E-state index in [-0.39, 0.29) is 17.4 Å². The molecule has 1 amide bonds. The fourth-order valence-electron chi connectivity index (χ4n) is 3.48. The van der Waals surface area contributed by atoms with E-state index in [1.54, 1.807) is 78.9 Å². The summed E-state index contributed by atoms with van der Waals surface area (Å²) in [5.74, 6) is -1.60. The summed E-state index contributed by atoms with van der Waals surface area (Å²) in [6.45, 7) is 0. The number of hydrogen-bond acceptors (Lipinski definition) is 7. The van der Waals surface area contributed by atoms with Gasteiger partial charge in [-0.3, -0.25) is 9.59 Å². The van der Waals surface area contributed by atoms with Gasteiger partial charge in [-0.15, -0.1) is 0 Å². The van der Waals surface area contributed by atoms with E-state index < -0.39 is 29.3 Å². The largest absolute Gasteiger partial charge is 0.467 e. The number of ether oxygens (including phenoxy) is 2. The van der Waals surface area contributed by atoms with Gasteiger partial charge < -0.3 is 19.2 Å². The van der Waals surface area contributed by atoms with Crippen LogP contribution in [0, 0.1) is 0 Å². The molecule has 0 bridgehead atoms. The van der Waals surface area contributed by atoms with E-state index in [0.717, 1.165) is 6.26 Å². The van der Waals surface area contributed by atoms with Gasteiger partial charge in [0, 0.05) is 6.42 Å². The maximum absolute atomic E-state index is 12.8. The summed E-state index contributed by atoms with van der Waals surface area (Å²) in [6, 6.07) is 20.6. The molecule has 8 nitrogen and oxygen atoms in total. The summed E-state index contributed by atoms with van der Waals surface area (Å²) in [5, 5.41) is 2.81. The molecule has 0 aliphatic heterocycles. The van der Waals surface area contributed by atoms with Gasteiger partial charge in [0.15, 0.2) is 0 Å². The second-order valence-corrected chi connectivity index (χ2v) is 7.63. The van der Waals surface area contributed by atoms with Crippen molar-refractivity contribution in [2.45, 2.75) is 12.5 Å². The molecule has 0 saturated heterocycles. The highest BCUT2D eigenvalue weighted by molar-refractivity contribution is 5.98. The van der Waals surface area contributed by atoms with Crippen LogP contribution in [0.1, 0.15) is 26.3 Å². The Labute approximate surface area is 200 Å². The Morgan fingerprint density at radius 2 is 1.60 bits per heavy atom. The first kappa shape index (κ1) is 23.4. The molecule has 4 aromatic rings. The number of para-hydroxylation sites is 1. The molecule has 1 heterocycles. The molecule has 0 spiro atoms. The number of hydrogen-bond donors (Lipinski definition) is 1. The highest BCUT2D eigenvalue weighted by Gasteiger charge is 2.25. The molecule has 8 heteroatoms. The van der Waals surface area contributed by atoms with Crippen LogP contribution in [0.5, 0.6) is 5.75 Å². The first-order valence-electron chi connectivity index (χ1n) is 10.7. The van der Waals surface area contributed by atoms with E-state index in [4.69, 9.17) is 13.9 Å². The van der Waals surface area contributed by atoms with Gasteiger partial charge in [-0.05, 0) is 42.0 Å². The van der Waals surface area contributed by atoms with Crippen LogP contribution in [0.2, 0.25) is 0 Å². The lowest BCUT2D eigenvalue weighted by atomic mass is 10.0. The lowest BCUT2D eigenvalue weighted by Gasteiger charge is -2.16. The van der Waals surface area contributed by atoms with Crippen LogP contribution in [0.15, 0.2) is 94.3 Å². The van der Waals surface area contributed by atoms with Gasteiger partial charge in [0.1, 0.15) is 29.2 Å². The molecule has 0 aliphatic rings. The zero-order valence-corrected chi connectivity index (χ0v) is 18.7. The van der Waals surface area contributed by atoms with E-state index >= 15 is 0 Å². The molecular formula is C27H21NO7. The molecule has 0 fully saturated rings. The van der Waals surface area contributed by atoms with Crippen LogP contribution in [0.4, 0.5) is 0 Å². The smallest absolute Gasteiger partial charge is 0.343 e. The minimum absolute atomic E-state index is 0.0875. The van der Waals surface area contributed by atoms with Gasteiger partial charge in [-0.2, -0.15) is 0 Å². The van der Waals surface area contributed by atoms with E-state index in [0.29, 0.717) is 22.5 Å². The second-order valence-electron chi connectivity index (χ2n) is 7.63. The third kappa shape index (κ3) is 5.44. The molecule has 1 aromatic heterocycles. The van der Waals surface area contributed by atoms with Crippen LogP contribution in [0.25, 0.3) is 11.0 Å². The van der Waals surface area contributed by atoms with Crippen LogP contribution in [-0.4, -0.2) is 31.0 Å². The highest BCUT2D eigenvalue weighted by atomic mass is 16.5. The van der Waals surface area contributed by atoms with E-state index in [1.165, 1.54) is 7.11 Å². The van der Waals surface area contributed by atoms with Crippen LogP contribution in [-0.2, 0) is 16.0 Å². The number of carbonyl (C=O) groups excluding carboxylic acids is 3. The minimum atomic E-state index is -1.06. The SMILES string of the molecule is COC(=O)[C@H](Cc1ccc(OC(=O)c2ccccc2)cc1)NC(=O)c1coc2ccccc2c1=O. The van der Waals surface area contributed by atoms with Crippen molar-refractivity contribution in [3.05, 3.63) is 112 Å². The van der Waals surface area contributed by atoms with Crippen LogP contribution >= 0.6 is 0 Å². The Bertz CT molecular complexity index is 1430. The zero-order chi connectivity index (χ0) is 24.8. The van der Waals surface area contributed by atoms with Crippen LogP contribution in [0.3, 0.4) is 0 Å². The molecule has 35 heavy (non-hydrogen) atoms. The van der Waals surface area contributed by atoms with Crippen molar-refractivity contribution in [2.24, 2.45) is 0 Å². The fourth-order valence-corrected chi connectivity index (χ4v) is 3.48. The van der Waals surface area contributed by atoms with Gasteiger partial charge in [0.2, 0.25) is 5.43 Å². The number of methoxy groups -OCH3 is 1. The van der Waals surface area contributed by atoms with E-state index in [1.807, 2.05) is 0 Å². The fraction of sp³-hybridized carbons (Fsp3) is 0.111. The lowest BCUT2D eigenvalue weighted by Crippen LogP contribution is -2.44. The average Bonchev–Trinajstić information content (AvgIpc) is 2.89. The quantitative estimate of drug-likeness (QED) is 0.324. The van der Waals surface area contributed by atoms with Crippen molar-refractivity contribution in [1.82, 2.24) is 5.32 Å². The standard InChI is InChI=1S/C27H21NO7/c1-33-27(32)22(28-25(30)21-16-34-23-10-6-5-9-20(23)24(21)29)15-17-11-13-19(14-12-17)35-26(31)18-7-3-2-4-8-18/h2-14,16,22H,15H2,1H3,(H,28,30)/t22-/m0/s1. The highest BCUT2D eigenvalue weighted by Crippen LogP contribution is 2.16. The Balaban J connectivity index is 1.47. The van der Waals surface area contributed by atoms with Crippen molar-refractivity contribution >= 4 is 28.8 Å². The van der Waals surface area contributed by atoms with Gasteiger partial charge in [-0.25, -0.2) is 9.59 Å². The molecule has 4 rings (SSSR count). The molecule has 0 radical (unpaired) electrons. The Morgan fingerprint density at radius 3 is 2.31 bits per heavy atom. The number of rotatable bonds is 7. The Hall–Kier alpha value is -4.72. The second kappa shape index (κ2) is 10.5. The van der Waals surface area contributed by atoms with Crippen molar-refractivity contribution < 1.29 is 28.3 Å². The summed E-state index contributed by atoms with van der Waals surface area (Å²) in [6.07, 6.45) is 1.16. The molecule has 0 unspecified atom stereocenters. The monoisotopic (exact) mass is 471 g/mol. The Kier molecular flexibility index (Phi) is 7.02. The first-order chi connectivity index (χ1) is 17.0. The summed E-state index contributed by atoms with van der Waals surface area (Å²) in [5.41, 5.74) is 0.721. The number of amides is 1. The van der Waals surface area contributed by atoms with Crippen molar-refractivity contribution in [3.8, 4) is 5.75 Å².